The number of hydrogen-bond donors (Lipinski definition) is 1. The number of benzene rings is 2. The fourth-order valence-electron chi connectivity index (χ4n) is 3.89. The molecule has 4 rings (SSSR count). The number of aliphatic hydroxyl groups excluding tert-OH is 1. The van der Waals surface area contributed by atoms with E-state index < -0.39 is 17.7 Å². The van der Waals surface area contributed by atoms with Gasteiger partial charge >= 0.3 is 0 Å². The van der Waals surface area contributed by atoms with Crippen molar-refractivity contribution in [2.75, 3.05) is 21.3 Å². The number of ketones is 1. The number of amides is 1. The molecule has 1 amide bonds. The normalized spacial score (nSPS) is 17.3. The monoisotopic (exact) mass is 449 g/mol. The number of aliphatic hydroxyl groups is 1. The number of carbonyl (C=O) groups is 2. The smallest absolute Gasteiger partial charge is 0.296 e. The summed E-state index contributed by atoms with van der Waals surface area (Å²) in [4.78, 5) is 27.6. The number of nitrogens with zero attached hydrogens (tertiary/aromatic N) is 1. The zero-order chi connectivity index (χ0) is 23.5. The molecule has 3 aromatic rings. The van der Waals surface area contributed by atoms with Crippen LogP contribution in [0.5, 0.6) is 17.2 Å². The molecule has 1 fully saturated rings. The maximum absolute atomic E-state index is 13.2. The first-order chi connectivity index (χ1) is 16.0. The highest BCUT2D eigenvalue weighted by molar-refractivity contribution is 6.46. The van der Waals surface area contributed by atoms with Gasteiger partial charge in [-0.1, -0.05) is 0 Å². The fourth-order valence-corrected chi connectivity index (χ4v) is 3.89. The minimum Gasteiger partial charge on any atom is -0.507 e. The average Bonchev–Trinajstić information content (AvgIpc) is 3.45. The lowest BCUT2D eigenvalue weighted by molar-refractivity contribution is -0.140. The van der Waals surface area contributed by atoms with Crippen molar-refractivity contribution < 1.29 is 33.3 Å². The van der Waals surface area contributed by atoms with Gasteiger partial charge in [-0.2, -0.15) is 0 Å². The van der Waals surface area contributed by atoms with Crippen LogP contribution in [0.4, 0.5) is 0 Å². The van der Waals surface area contributed by atoms with Crippen molar-refractivity contribution in [3.8, 4) is 17.2 Å². The molecular formula is C25H23NO7. The molecule has 1 aliphatic rings. The number of methoxy groups -OCH3 is 3. The minimum atomic E-state index is -0.905. The third-order valence-electron chi connectivity index (χ3n) is 5.54. The Labute approximate surface area is 190 Å². The number of Topliss-reactive ketones (excluding diaryl/α,β-unsaturated/α-hetero) is 1. The Bertz CT molecular complexity index is 1200. The predicted molar refractivity (Wildman–Crippen MR) is 119 cm³/mol. The van der Waals surface area contributed by atoms with Gasteiger partial charge in [0, 0.05) is 17.2 Å². The maximum atomic E-state index is 13.2. The van der Waals surface area contributed by atoms with Crippen molar-refractivity contribution >= 4 is 17.4 Å². The van der Waals surface area contributed by atoms with Crippen LogP contribution in [0.1, 0.15) is 22.9 Å². The molecule has 0 radical (unpaired) electrons. The average molecular weight is 449 g/mol. The molecule has 0 saturated carbocycles. The molecule has 1 N–H and O–H groups in total. The molecule has 2 aromatic carbocycles. The van der Waals surface area contributed by atoms with Crippen molar-refractivity contribution in [2.45, 2.75) is 12.6 Å². The van der Waals surface area contributed by atoms with Gasteiger partial charge in [0.1, 0.15) is 28.8 Å². The Morgan fingerprint density at radius 2 is 1.67 bits per heavy atom. The lowest BCUT2D eigenvalue weighted by atomic mass is 9.94. The van der Waals surface area contributed by atoms with E-state index in [1.807, 2.05) is 0 Å². The van der Waals surface area contributed by atoms with Crippen molar-refractivity contribution in [1.29, 1.82) is 0 Å². The Balaban J connectivity index is 1.90. The fraction of sp³-hybridized carbons (Fsp3) is 0.200. The Hall–Kier alpha value is -4.20. The molecule has 170 valence electrons. The summed E-state index contributed by atoms with van der Waals surface area (Å²) in [7, 11) is 4.55. The summed E-state index contributed by atoms with van der Waals surface area (Å²) < 4.78 is 21.4. The first kappa shape index (κ1) is 22.0. The van der Waals surface area contributed by atoms with Crippen molar-refractivity contribution in [2.24, 2.45) is 0 Å². The third-order valence-corrected chi connectivity index (χ3v) is 5.54. The van der Waals surface area contributed by atoms with Gasteiger partial charge in [-0.05, 0) is 48.5 Å². The standard InChI is InChI=1S/C25H23NO7/c1-30-16-8-6-15(7-9-16)23(27)21-22(19-11-10-17(31-2)13-20(19)32-3)26(25(29)24(21)28)14-18-5-4-12-33-18/h4-13,22,27H,14H2,1-3H3/b23-21+/t22-/m1/s1. The van der Waals surface area contributed by atoms with E-state index in [1.165, 1.54) is 32.5 Å². The summed E-state index contributed by atoms with van der Waals surface area (Å²) >= 11 is 0. The highest BCUT2D eigenvalue weighted by atomic mass is 16.5. The molecule has 1 aromatic heterocycles. The highest BCUT2D eigenvalue weighted by Gasteiger charge is 2.47. The predicted octanol–water partition coefficient (Wildman–Crippen LogP) is 3.93. The molecule has 2 heterocycles. The van der Waals surface area contributed by atoms with Crippen molar-refractivity contribution in [1.82, 2.24) is 4.90 Å². The molecule has 8 nitrogen and oxygen atoms in total. The van der Waals surface area contributed by atoms with Gasteiger partial charge < -0.3 is 28.6 Å². The lowest BCUT2D eigenvalue weighted by Gasteiger charge is -2.26. The van der Waals surface area contributed by atoms with Crippen LogP contribution in [0.15, 0.2) is 70.9 Å². The molecule has 0 bridgehead atoms. The molecule has 1 atom stereocenters. The number of carbonyl (C=O) groups excluding carboxylic acids is 2. The molecule has 33 heavy (non-hydrogen) atoms. The van der Waals surface area contributed by atoms with Crippen LogP contribution < -0.4 is 14.2 Å². The number of rotatable bonds is 7. The van der Waals surface area contributed by atoms with E-state index in [1.54, 1.807) is 54.6 Å². The second-order valence-corrected chi connectivity index (χ2v) is 7.34. The van der Waals surface area contributed by atoms with Crippen LogP contribution in [0, 0.1) is 0 Å². The zero-order valence-corrected chi connectivity index (χ0v) is 18.4. The van der Waals surface area contributed by atoms with E-state index >= 15 is 0 Å². The second-order valence-electron chi connectivity index (χ2n) is 7.34. The molecule has 0 spiro atoms. The quantitative estimate of drug-likeness (QED) is 0.332. The van der Waals surface area contributed by atoms with Gasteiger partial charge in [0.15, 0.2) is 0 Å². The van der Waals surface area contributed by atoms with Gasteiger partial charge in [-0.25, -0.2) is 0 Å². The van der Waals surface area contributed by atoms with Gasteiger partial charge in [-0.3, -0.25) is 9.59 Å². The largest absolute Gasteiger partial charge is 0.507 e. The number of ether oxygens (including phenoxy) is 3. The van der Waals surface area contributed by atoms with Crippen LogP contribution in [0.2, 0.25) is 0 Å². The van der Waals surface area contributed by atoms with Crippen LogP contribution in [0.25, 0.3) is 5.76 Å². The van der Waals surface area contributed by atoms with Gasteiger partial charge in [-0.15, -0.1) is 0 Å². The van der Waals surface area contributed by atoms with E-state index in [2.05, 4.69) is 0 Å². The number of likely N-dealkylation sites (tertiary alicyclic amines) is 1. The van der Waals surface area contributed by atoms with Crippen LogP contribution >= 0.6 is 0 Å². The Morgan fingerprint density at radius 1 is 0.970 bits per heavy atom. The lowest BCUT2D eigenvalue weighted by Crippen LogP contribution is -2.29. The maximum Gasteiger partial charge on any atom is 0.296 e. The first-order valence-corrected chi connectivity index (χ1v) is 10.2. The number of furan rings is 1. The van der Waals surface area contributed by atoms with E-state index in [0.717, 1.165) is 0 Å². The molecular weight excluding hydrogens is 426 g/mol. The third kappa shape index (κ3) is 4.03. The van der Waals surface area contributed by atoms with E-state index in [-0.39, 0.29) is 17.9 Å². The summed E-state index contributed by atoms with van der Waals surface area (Å²) in [6, 6.07) is 14.2. The summed E-state index contributed by atoms with van der Waals surface area (Å²) in [6.07, 6.45) is 1.49. The van der Waals surface area contributed by atoms with E-state index in [9.17, 15) is 14.7 Å². The minimum absolute atomic E-state index is 0.0385. The molecule has 1 saturated heterocycles. The van der Waals surface area contributed by atoms with Crippen molar-refractivity contribution in [3.05, 3.63) is 83.3 Å². The number of hydrogen-bond acceptors (Lipinski definition) is 7. The van der Waals surface area contributed by atoms with Crippen molar-refractivity contribution in [3.63, 3.8) is 0 Å². The molecule has 8 heteroatoms. The Kier molecular flexibility index (Phi) is 6.08. The van der Waals surface area contributed by atoms with Crippen LogP contribution in [-0.4, -0.2) is 43.0 Å². The van der Waals surface area contributed by atoms with Crippen LogP contribution in [-0.2, 0) is 16.1 Å². The summed E-state index contributed by atoms with van der Waals surface area (Å²) in [5.41, 5.74) is 0.864. The summed E-state index contributed by atoms with van der Waals surface area (Å²) in [5, 5.41) is 11.2. The topological polar surface area (TPSA) is 98.4 Å². The highest BCUT2D eigenvalue weighted by Crippen LogP contribution is 2.44. The molecule has 0 aliphatic carbocycles. The van der Waals surface area contributed by atoms with E-state index in [4.69, 9.17) is 18.6 Å². The van der Waals surface area contributed by atoms with Gasteiger partial charge in [0.25, 0.3) is 11.7 Å². The van der Waals surface area contributed by atoms with Gasteiger partial charge in [0.2, 0.25) is 0 Å². The van der Waals surface area contributed by atoms with Crippen LogP contribution in [0.3, 0.4) is 0 Å². The molecule has 1 aliphatic heterocycles. The first-order valence-electron chi connectivity index (χ1n) is 10.2. The zero-order valence-electron chi connectivity index (χ0n) is 18.4. The Morgan fingerprint density at radius 3 is 2.27 bits per heavy atom. The van der Waals surface area contributed by atoms with Gasteiger partial charge in [0.05, 0.1) is 45.8 Å². The second kappa shape index (κ2) is 9.12. The summed E-state index contributed by atoms with van der Waals surface area (Å²) in [6.45, 7) is 0.0385. The summed E-state index contributed by atoms with van der Waals surface area (Å²) in [5.74, 6) is 0.222. The molecule has 0 unspecified atom stereocenters. The van der Waals surface area contributed by atoms with E-state index in [0.29, 0.717) is 34.1 Å². The SMILES string of the molecule is COc1ccc(/C(O)=C2\C(=O)C(=O)N(Cc3ccco3)[C@@H]2c2ccc(OC)cc2OC)cc1.